The summed E-state index contributed by atoms with van der Waals surface area (Å²) >= 11 is 0. The maximum absolute atomic E-state index is 14.3. The minimum Gasteiger partial charge on any atom is -0.550 e. The number of carbonyl (C=O) groups is 2. The first-order valence-electron chi connectivity index (χ1n) is 8.45. The van der Waals surface area contributed by atoms with E-state index in [4.69, 9.17) is 0 Å². The smallest absolute Gasteiger partial charge is 0.243 e. The standard InChI is InChI=1S/C20H19FN2O3/c21-16-10-5-4-9-15(16)18-13-17(14-7-2-1-3-8-14)22-23(18)19(24)11-6-12-20(25)26/h1-5,7-10,18H,6,11-13H2,(H,25,26)/p-1/t18-/m0/s1. The molecule has 0 aromatic heterocycles. The molecule has 1 atom stereocenters. The number of hydrogen-bond acceptors (Lipinski definition) is 4. The fourth-order valence-corrected chi connectivity index (χ4v) is 3.03. The Hall–Kier alpha value is -3.02. The zero-order chi connectivity index (χ0) is 18.5. The number of nitrogens with zero attached hydrogens (tertiary/aromatic N) is 2. The van der Waals surface area contributed by atoms with Gasteiger partial charge in [-0.3, -0.25) is 4.79 Å². The number of amides is 1. The second-order valence-corrected chi connectivity index (χ2v) is 6.12. The highest BCUT2D eigenvalue weighted by Gasteiger charge is 2.34. The Bertz CT molecular complexity index is 836. The van der Waals surface area contributed by atoms with E-state index in [1.54, 1.807) is 18.2 Å². The van der Waals surface area contributed by atoms with Crippen LogP contribution < -0.4 is 5.11 Å². The molecule has 6 heteroatoms. The van der Waals surface area contributed by atoms with Crippen LogP contribution >= 0.6 is 0 Å². The summed E-state index contributed by atoms with van der Waals surface area (Å²) in [5.41, 5.74) is 1.97. The molecule has 5 nitrogen and oxygen atoms in total. The third-order valence-corrected chi connectivity index (χ3v) is 4.31. The molecule has 2 aromatic carbocycles. The topological polar surface area (TPSA) is 72.8 Å². The van der Waals surface area contributed by atoms with Gasteiger partial charge in [-0.15, -0.1) is 0 Å². The number of rotatable bonds is 6. The van der Waals surface area contributed by atoms with Crippen molar-refractivity contribution in [2.24, 2.45) is 5.10 Å². The highest BCUT2D eigenvalue weighted by Crippen LogP contribution is 2.34. The van der Waals surface area contributed by atoms with Crippen molar-refractivity contribution in [2.45, 2.75) is 31.7 Å². The van der Waals surface area contributed by atoms with Crippen molar-refractivity contribution in [1.82, 2.24) is 5.01 Å². The normalized spacial score (nSPS) is 16.4. The zero-order valence-electron chi connectivity index (χ0n) is 14.1. The fraction of sp³-hybridized carbons (Fsp3) is 0.250. The van der Waals surface area contributed by atoms with Crippen LogP contribution in [0.2, 0.25) is 0 Å². The molecule has 0 fully saturated rings. The van der Waals surface area contributed by atoms with Crippen molar-refractivity contribution in [2.75, 3.05) is 0 Å². The fourth-order valence-electron chi connectivity index (χ4n) is 3.03. The van der Waals surface area contributed by atoms with Crippen LogP contribution in [0.25, 0.3) is 0 Å². The van der Waals surface area contributed by atoms with Gasteiger partial charge in [0.2, 0.25) is 5.91 Å². The van der Waals surface area contributed by atoms with Gasteiger partial charge in [-0.1, -0.05) is 48.5 Å². The van der Waals surface area contributed by atoms with Gasteiger partial charge >= 0.3 is 0 Å². The molecule has 0 aliphatic carbocycles. The van der Waals surface area contributed by atoms with Gasteiger partial charge in [-0.05, 0) is 24.5 Å². The van der Waals surface area contributed by atoms with E-state index < -0.39 is 17.8 Å². The Morgan fingerprint density at radius 3 is 2.46 bits per heavy atom. The van der Waals surface area contributed by atoms with Crippen LogP contribution in [0.4, 0.5) is 4.39 Å². The molecular formula is C20H18FN2O3-. The molecule has 1 aliphatic rings. The summed E-state index contributed by atoms with van der Waals surface area (Å²) in [5, 5.41) is 16.3. The average molecular weight is 353 g/mol. The van der Waals surface area contributed by atoms with E-state index >= 15 is 0 Å². The molecule has 0 N–H and O–H groups in total. The van der Waals surface area contributed by atoms with Gasteiger partial charge in [0.05, 0.1) is 11.8 Å². The SMILES string of the molecule is O=C([O-])CCCC(=O)N1N=C(c2ccccc2)C[C@H]1c1ccccc1F. The number of carboxylic acids is 1. The first-order valence-corrected chi connectivity index (χ1v) is 8.45. The van der Waals surface area contributed by atoms with Crippen molar-refractivity contribution in [3.63, 3.8) is 0 Å². The minimum absolute atomic E-state index is 0.0184. The van der Waals surface area contributed by atoms with E-state index in [1.807, 2.05) is 30.3 Å². The van der Waals surface area contributed by atoms with Crippen molar-refractivity contribution >= 4 is 17.6 Å². The number of hydrogen-bond donors (Lipinski definition) is 0. The largest absolute Gasteiger partial charge is 0.550 e. The summed E-state index contributed by atoms with van der Waals surface area (Å²) in [6.45, 7) is 0. The van der Waals surface area contributed by atoms with E-state index in [2.05, 4.69) is 5.10 Å². The van der Waals surface area contributed by atoms with E-state index in [9.17, 15) is 19.1 Å². The molecule has 0 radical (unpaired) electrons. The molecule has 3 rings (SSSR count). The lowest BCUT2D eigenvalue weighted by molar-refractivity contribution is -0.305. The van der Waals surface area contributed by atoms with Crippen molar-refractivity contribution in [3.8, 4) is 0 Å². The van der Waals surface area contributed by atoms with Crippen LogP contribution in [0.15, 0.2) is 59.7 Å². The van der Waals surface area contributed by atoms with Crippen LogP contribution in [-0.2, 0) is 9.59 Å². The van der Waals surface area contributed by atoms with Crippen molar-refractivity contribution < 1.29 is 19.1 Å². The Kier molecular flexibility index (Phi) is 5.41. The predicted molar refractivity (Wildman–Crippen MR) is 92.4 cm³/mol. The lowest BCUT2D eigenvalue weighted by Gasteiger charge is -2.22. The maximum Gasteiger partial charge on any atom is 0.243 e. The molecule has 2 aromatic rings. The van der Waals surface area contributed by atoms with Gasteiger partial charge in [-0.25, -0.2) is 9.40 Å². The van der Waals surface area contributed by atoms with Gasteiger partial charge in [-0.2, -0.15) is 5.10 Å². The Balaban J connectivity index is 1.87. The summed E-state index contributed by atoms with van der Waals surface area (Å²) in [7, 11) is 0. The number of carbonyl (C=O) groups excluding carboxylic acids is 2. The lowest BCUT2D eigenvalue weighted by Crippen LogP contribution is -2.28. The average Bonchev–Trinajstić information content (AvgIpc) is 3.08. The van der Waals surface area contributed by atoms with Crippen LogP contribution in [0.3, 0.4) is 0 Å². The van der Waals surface area contributed by atoms with Gasteiger partial charge in [0.1, 0.15) is 5.82 Å². The van der Waals surface area contributed by atoms with Crippen molar-refractivity contribution in [1.29, 1.82) is 0 Å². The predicted octanol–water partition coefficient (Wildman–Crippen LogP) is 2.42. The third kappa shape index (κ3) is 3.96. The molecule has 134 valence electrons. The minimum atomic E-state index is -1.20. The summed E-state index contributed by atoms with van der Waals surface area (Å²) in [4.78, 5) is 23.1. The molecular weight excluding hydrogens is 335 g/mol. The van der Waals surface area contributed by atoms with Crippen LogP contribution in [0.5, 0.6) is 0 Å². The lowest BCUT2D eigenvalue weighted by atomic mass is 9.98. The Labute approximate surface area is 150 Å². The first-order chi connectivity index (χ1) is 12.6. The van der Waals surface area contributed by atoms with E-state index in [0.717, 1.165) is 5.56 Å². The monoisotopic (exact) mass is 353 g/mol. The van der Waals surface area contributed by atoms with E-state index in [0.29, 0.717) is 17.7 Å². The second-order valence-electron chi connectivity index (χ2n) is 6.12. The van der Waals surface area contributed by atoms with Gasteiger partial charge in [0.25, 0.3) is 0 Å². The second kappa shape index (κ2) is 7.91. The molecule has 0 spiro atoms. The number of hydrazone groups is 1. The Morgan fingerprint density at radius 1 is 1.08 bits per heavy atom. The van der Waals surface area contributed by atoms with Gasteiger partial charge < -0.3 is 9.90 Å². The molecule has 1 aliphatic heterocycles. The molecule has 0 saturated heterocycles. The summed E-state index contributed by atoms with van der Waals surface area (Å²) in [6.07, 6.45) is 0.388. The van der Waals surface area contributed by atoms with Crippen molar-refractivity contribution in [3.05, 3.63) is 71.5 Å². The van der Waals surface area contributed by atoms with Crippen LogP contribution in [0.1, 0.15) is 42.9 Å². The molecule has 0 unspecified atom stereocenters. The third-order valence-electron chi connectivity index (χ3n) is 4.31. The summed E-state index contributed by atoms with van der Waals surface area (Å²) in [6, 6.07) is 15.2. The number of benzene rings is 2. The summed E-state index contributed by atoms with van der Waals surface area (Å²) in [5.74, 6) is -1.92. The first kappa shape index (κ1) is 17.8. The number of halogens is 1. The number of carboxylic acid groups (broad SMARTS) is 1. The highest BCUT2D eigenvalue weighted by atomic mass is 19.1. The summed E-state index contributed by atoms with van der Waals surface area (Å²) < 4.78 is 14.3. The molecule has 1 heterocycles. The highest BCUT2D eigenvalue weighted by molar-refractivity contribution is 6.03. The van der Waals surface area contributed by atoms with Crippen LogP contribution in [0, 0.1) is 5.82 Å². The van der Waals surface area contributed by atoms with Gasteiger partial charge in [0.15, 0.2) is 0 Å². The number of aliphatic carboxylic acids is 1. The zero-order valence-corrected chi connectivity index (χ0v) is 14.1. The maximum atomic E-state index is 14.3. The molecule has 26 heavy (non-hydrogen) atoms. The Morgan fingerprint density at radius 2 is 1.77 bits per heavy atom. The quantitative estimate of drug-likeness (QED) is 0.801. The van der Waals surface area contributed by atoms with E-state index in [-0.39, 0.29) is 25.2 Å². The van der Waals surface area contributed by atoms with E-state index in [1.165, 1.54) is 11.1 Å². The molecule has 0 bridgehead atoms. The van der Waals surface area contributed by atoms with Crippen LogP contribution in [-0.4, -0.2) is 22.6 Å². The molecule has 1 amide bonds. The van der Waals surface area contributed by atoms with Gasteiger partial charge in [0, 0.05) is 24.4 Å². The molecule has 0 saturated carbocycles.